The zero-order valence-electron chi connectivity index (χ0n) is 3.45. The molecule has 0 N–H and O–H groups in total. The van der Waals surface area contributed by atoms with E-state index in [-0.39, 0.29) is 23.1 Å². The first kappa shape index (κ1) is 9.21. The molecule has 0 aromatic rings. The second kappa shape index (κ2) is 4.73. The molecule has 1 nitrogen and oxygen atoms in total. The lowest BCUT2D eigenvalue weighted by Gasteiger charge is -1.90. The van der Waals surface area contributed by atoms with Gasteiger partial charge in [0, 0.05) is 0 Å². The van der Waals surface area contributed by atoms with Crippen LogP contribution < -0.4 is 0 Å². The largest absolute Gasteiger partial charge is 0.316 e. The third-order valence-electron chi connectivity index (χ3n) is 0. The Morgan fingerprint density at radius 3 is 1.00 bits per heavy atom. The number of nitrogens with zero attached hydrogens (tertiary/aromatic N) is 1. The third kappa shape index (κ3) is 66.6. The highest BCUT2D eigenvalue weighted by molar-refractivity contribution is 5.75. The van der Waals surface area contributed by atoms with Crippen LogP contribution in [0.2, 0.25) is 0 Å². The van der Waals surface area contributed by atoms with Gasteiger partial charge in [-0.1, -0.05) is 0 Å². The average Bonchev–Trinajstić information content (AvgIpc) is 0.811. The van der Waals surface area contributed by atoms with Gasteiger partial charge in [0.1, 0.15) is 0 Å². The second-order valence-electron chi connectivity index (χ2n) is 1.34. The molecule has 2 heteroatoms. The van der Waals surface area contributed by atoms with Crippen LogP contribution in [-0.4, -0.2) is 49.1 Å². The van der Waals surface area contributed by atoms with Crippen LogP contribution in [0.15, 0.2) is 0 Å². The molecule has 0 fully saturated rings. The molecule has 0 heterocycles. The maximum atomic E-state index is 2.00. The molecule has 0 aromatic heterocycles. The van der Waals surface area contributed by atoms with Gasteiger partial charge in [0.25, 0.3) is 0 Å². The fourth-order valence-corrected chi connectivity index (χ4v) is 0. The van der Waals surface area contributed by atoms with Gasteiger partial charge >= 0.3 is 23.1 Å². The fourth-order valence-electron chi connectivity index (χ4n) is 0. The molecular formula is C3H11MgN. The zero-order valence-corrected chi connectivity index (χ0v) is 3.45. The van der Waals surface area contributed by atoms with E-state index < -0.39 is 0 Å². The summed E-state index contributed by atoms with van der Waals surface area (Å²) in [5.41, 5.74) is 0. The maximum absolute atomic E-state index is 2.00. The lowest BCUT2D eigenvalue weighted by Crippen LogP contribution is -1.99. The van der Waals surface area contributed by atoms with Crippen molar-refractivity contribution in [3.05, 3.63) is 0 Å². The van der Waals surface area contributed by atoms with Crippen molar-refractivity contribution in [3.63, 3.8) is 0 Å². The highest BCUT2D eigenvalue weighted by atomic mass is 24.3. The van der Waals surface area contributed by atoms with Crippen LogP contribution in [0.3, 0.4) is 0 Å². The van der Waals surface area contributed by atoms with Crippen LogP contribution in [0.1, 0.15) is 0 Å². The van der Waals surface area contributed by atoms with E-state index in [9.17, 15) is 0 Å². The Morgan fingerprint density at radius 2 is 1.00 bits per heavy atom. The van der Waals surface area contributed by atoms with E-state index in [0.717, 1.165) is 0 Å². The molecule has 5 heavy (non-hydrogen) atoms. The van der Waals surface area contributed by atoms with Gasteiger partial charge in [0.05, 0.1) is 0 Å². The lowest BCUT2D eigenvalue weighted by atomic mass is 11.0. The molecule has 0 aromatic carbocycles. The van der Waals surface area contributed by atoms with Crippen LogP contribution in [0, 0.1) is 0 Å². The maximum Gasteiger partial charge on any atom is 0.316 e. The molecule has 0 bridgehead atoms. The van der Waals surface area contributed by atoms with Crippen LogP contribution in [0.5, 0.6) is 0 Å². The summed E-state index contributed by atoms with van der Waals surface area (Å²) in [6.07, 6.45) is 0. The van der Waals surface area contributed by atoms with Crippen molar-refractivity contribution in [1.82, 2.24) is 4.90 Å². The Balaban J connectivity index is 0. The summed E-state index contributed by atoms with van der Waals surface area (Å²) >= 11 is 0. The minimum absolute atomic E-state index is 0. The molecule has 0 amide bonds. The molecule has 0 atom stereocenters. The van der Waals surface area contributed by atoms with Crippen LogP contribution in [-0.2, 0) is 0 Å². The quantitative estimate of drug-likeness (QED) is 0.350. The van der Waals surface area contributed by atoms with Gasteiger partial charge in [-0.2, -0.15) is 0 Å². The number of rotatable bonds is 0. The van der Waals surface area contributed by atoms with Crippen molar-refractivity contribution in [2.45, 2.75) is 0 Å². The Kier molecular flexibility index (Phi) is 8.71. The zero-order chi connectivity index (χ0) is 3.58. The highest BCUT2D eigenvalue weighted by Crippen LogP contribution is 1.47. The van der Waals surface area contributed by atoms with Crippen molar-refractivity contribution in [2.75, 3.05) is 21.1 Å². The Hall–Kier alpha value is 0.726. The minimum Gasteiger partial charge on any atom is -0.312 e. The SMILES string of the molecule is CN(C)C.[MgH2]. The molecule has 30 valence electrons. The van der Waals surface area contributed by atoms with E-state index in [1.165, 1.54) is 0 Å². The van der Waals surface area contributed by atoms with Crippen molar-refractivity contribution >= 4 is 23.1 Å². The Morgan fingerprint density at radius 1 is 1.00 bits per heavy atom. The number of hydrogen-bond acceptors (Lipinski definition) is 1. The van der Waals surface area contributed by atoms with Crippen molar-refractivity contribution in [1.29, 1.82) is 0 Å². The normalized spacial score (nSPS) is 7.20. The van der Waals surface area contributed by atoms with Gasteiger partial charge in [-0.15, -0.1) is 0 Å². The predicted molar refractivity (Wildman–Crippen MR) is 28.2 cm³/mol. The molecular weight excluding hydrogens is 74.3 g/mol. The van der Waals surface area contributed by atoms with E-state index in [1.54, 1.807) is 0 Å². The minimum atomic E-state index is 0. The Labute approximate surface area is 49.5 Å². The molecule has 0 aliphatic carbocycles. The van der Waals surface area contributed by atoms with E-state index in [4.69, 9.17) is 0 Å². The summed E-state index contributed by atoms with van der Waals surface area (Å²) in [4.78, 5) is 2.00. The summed E-state index contributed by atoms with van der Waals surface area (Å²) in [6, 6.07) is 0. The highest BCUT2D eigenvalue weighted by Gasteiger charge is 1.58. The molecule has 0 saturated carbocycles. The summed E-state index contributed by atoms with van der Waals surface area (Å²) in [5, 5.41) is 0. The third-order valence-corrected chi connectivity index (χ3v) is 0. The van der Waals surface area contributed by atoms with E-state index in [1.807, 2.05) is 26.0 Å². The second-order valence-corrected chi connectivity index (χ2v) is 1.34. The summed E-state index contributed by atoms with van der Waals surface area (Å²) < 4.78 is 0. The standard InChI is InChI=1S/C3H9N.Mg.2H/c1-4(2)3;;;/h1-3H3;;;. The van der Waals surface area contributed by atoms with Crippen LogP contribution >= 0.6 is 0 Å². The van der Waals surface area contributed by atoms with Crippen LogP contribution in [0.4, 0.5) is 0 Å². The lowest BCUT2D eigenvalue weighted by molar-refractivity contribution is 0.505. The average molecular weight is 85.4 g/mol. The van der Waals surface area contributed by atoms with Gasteiger partial charge in [-0.25, -0.2) is 0 Å². The molecule has 0 unspecified atom stereocenters. The molecule has 0 radical (unpaired) electrons. The first-order chi connectivity index (χ1) is 1.73. The van der Waals surface area contributed by atoms with Crippen molar-refractivity contribution in [3.8, 4) is 0 Å². The molecule has 0 aliphatic rings. The van der Waals surface area contributed by atoms with Gasteiger partial charge in [-0.05, 0) is 21.1 Å². The smallest absolute Gasteiger partial charge is 0.312 e. The van der Waals surface area contributed by atoms with Gasteiger partial charge in [0.15, 0.2) is 0 Å². The first-order valence-corrected chi connectivity index (χ1v) is 1.34. The van der Waals surface area contributed by atoms with Crippen LogP contribution in [0.25, 0.3) is 0 Å². The molecule has 0 rings (SSSR count). The molecule has 0 spiro atoms. The van der Waals surface area contributed by atoms with Crippen molar-refractivity contribution in [2.24, 2.45) is 0 Å². The van der Waals surface area contributed by atoms with E-state index >= 15 is 0 Å². The summed E-state index contributed by atoms with van der Waals surface area (Å²) in [5.74, 6) is 0. The van der Waals surface area contributed by atoms with Gasteiger partial charge in [-0.3, -0.25) is 0 Å². The van der Waals surface area contributed by atoms with E-state index in [2.05, 4.69) is 0 Å². The van der Waals surface area contributed by atoms with Gasteiger partial charge < -0.3 is 4.90 Å². The predicted octanol–water partition coefficient (Wildman–Crippen LogP) is -0.738. The first-order valence-electron chi connectivity index (χ1n) is 1.34. The Bertz CT molecular complexity index is 11.6. The van der Waals surface area contributed by atoms with E-state index in [0.29, 0.717) is 0 Å². The van der Waals surface area contributed by atoms with Gasteiger partial charge in [0.2, 0.25) is 0 Å². The number of hydrogen-bond donors (Lipinski definition) is 0. The molecule has 0 aliphatic heterocycles. The van der Waals surface area contributed by atoms with Crippen molar-refractivity contribution < 1.29 is 0 Å². The fraction of sp³-hybridized carbons (Fsp3) is 1.00. The topological polar surface area (TPSA) is 3.24 Å². The summed E-state index contributed by atoms with van der Waals surface area (Å²) in [6.45, 7) is 0. The molecule has 0 saturated heterocycles. The monoisotopic (exact) mass is 85.1 g/mol. The summed E-state index contributed by atoms with van der Waals surface area (Å²) in [7, 11) is 6.00.